The maximum Gasteiger partial charge on any atom is 0.122 e. The smallest absolute Gasteiger partial charge is 0.122 e. The van der Waals surface area contributed by atoms with Gasteiger partial charge in [-0.3, -0.25) is 9.58 Å². The van der Waals surface area contributed by atoms with E-state index in [0.29, 0.717) is 6.04 Å². The molecule has 0 amide bonds. The van der Waals surface area contributed by atoms with Gasteiger partial charge in [-0.25, -0.2) is 4.98 Å². The molecule has 0 saturated carbocycles. The fourth-order valence-electron chi connectivity index (χ4n) is 3.06. The highest BCUT2D eigenvalue weighted by Crippen LogP contribution is 2.20. The van der Waals surface area contributed by atoms with Crippen molar-refractivity contribution >= 4 is 0 Å². The van der Waals surface area contributed by atoms with E-state index in [1.54, 1.807) is 0 Å². The number of aromatic nitrogens is 4. The summed E-state index contributed by atoms with van der Waals surface area (Å²) in [6, 6.07) is 2.57. The van der Waals surface area contributed by atoms with Gasteiger partial charge in [0.2, 0.25) is 0 Å². The van der Waals surface area contributed by atoms with Gasteiger partial charge in [0.05, 0.1) is 13.1 Å². The van der Waals surface area contributed by atoms with Gasteiger partial charge in [0, 0.05) is 37.4 Å². The minimum atomic E-state index is 0.575. The summed E-state index contributed by atoms with van der Waals surface area (Å²) in [6.45, 7) is 6.27. The molecule has 108 valence electrons. The first-order valence-electron chi connectivity index (χ1n) is 7.58. The Bertz CT molecular complexity index is 516. The van der Waals surface area contributed by atoms with E-state index in [1.165, 1.54) is 31.6 Å². The predicted molar refractivity (Wildman–Crippen MR) is 78.2 cm³/mol. The van der Waals surface area contributed by atoms with Crippen LogP contribution in [0.2, 0.25) is 0 Å². The van der Waals surface area contributed by atoms with Gasteiger partial charge >= 0.3 is 0 Å². The van der Waals surface area contributed by atoms with E-state index < -0.39 is 0 Å². The van der Waals surface area contributed by atoms with E-state index >= 15 is 0 Å². The number of piperidine rings is 1. The average molecular weight is 273 g/mol. The number of rotatable bonds is 5. The van der Waals surface area contributed by atoms with Crippen molar-refractivity contribution in [2.75, 3.05) is 6.54 Å². The second-order valence-corrected chi connectivity index (χ2v) is 5.48. The highest BCUT2D eigenvalue weighted by atomic mass is 15.3. The molecule has 3 rings (SSSR count). The molecule has 0 N–H and O–H groups in total. The first kappa shape index (κ1) is 13.4. The molecule has 5 heteroatoms. The molecule has 5 nitrogen and oxygen atoms in total. The first-order chi connectivity index (χ1) is 9.86. The van der Waals surface area contributed by atoms with Gasteiger partial charge in [-0.1, -0.05) is 6.42 Å². The van der Waals surface area contributed by atoms with Crippen LogP contribution >= 0.6 is 0 Å². The van der Waals surface area contributed by atoms with Crippen LogP contribution in [0.5, 0.6) is 0 Å². The summed E-state index contributed by atoms with van der Waals surface area (Å²) in [6.07, 6.45) is 11.8. The van der Waals surface area contributed by atoms with E-state index in [2.05, 4.69) is 43.5 Å². The van der Waals surface area contributed by atoms with Gasteiger partial charge in [-0.05, 0) is 32.4 Å². The van der Waals surface area contributed by atoms with Crippen LogP contribution in [0.25, 0.3) is 0 Å². The van der Waals surface area contributed by atoms with Crippen molar-refractivity contribution in [2.24, 2.45) is 0 Å². The molecule has 0 spiro atoms. The molecule has 1 atom stereocenters. The van der Waals surface area contributed by atoms with Crippen molar-refractivity contribution in [1.29, 1.82) is 0 Å². The summed E-state index contributed by atoms with van der Waals surface area (Å²) in [5.41, 5.74) is 0. The Kier molecular flexibility index (Phi) is 4.16. The van der Waals surface area contributed by atoms with Gasteiger partial charge in [0.25, 0.3) is 0 Å². The lowest BCUT2D eigenvalue weighted by Gasteiger charge is -2.35. The lowest BCUT2D eigenvalue weighted by atomic mass is 10.0. The number of hydrogen-bond donors (Lipinski definition) is 0. The summed E-state index contributed by atoms with van der Waals surface area (Å²) in [5.74, 6) is 1.18. The molecule has 0 radical (unpaired) electrons. The fraction of sp³-hybridized carbons (Fsp3) is 0.600. The van der Waals surface area contributed by atoms with Crippen molar-refractivity contribution < 1.29 is 0 Å². The van der Waals surface area contributed by atoms with Crippen molar-refractivity contribution in [2.45, 2.75) is 51.9 Å². The van der Waals surface area contributed by atoms with E-state index in [1.807, 2.05) is 18.5 Å². The third kappa shape index (κ3) is 2.93. The van der Waals surface area contributed by atoms with E-state index in [4.69, 9.17) is 0 Å². The standard InChI is InChI=1S/C15H23N5/c1-2-18-11-8-16-15(18)13-19-9-4-3-6-14(19)12-20-10-5-7-17-20/h5,7-8,10-11,14H,2-4,6,9,12-13H2,1H3. The van der Waals surface area contributed by atoms with Gasteiger partial charge in [0.1, 0.15) is 5.82 Å². The van der Waals surface area contributed by atoms with Crippen molar-refractivity contribution in [1.82, 2.24) is 24.2 Å². The van der Waals surface area contributed by atoms with Gasteiger partial charge < -0.3 is 4.57 Å². The van der Waals surface area contributed by atoms with Crippen LogP contribution in [0.15, 0.2) is 30.9 Å². The molecule has 1 unspecified atom stereocenters. The third-order valence-electron chi connectivity index (χ3n) is 4.19. The van der Waals surface area contributed by atoms with Crippen molar-refractivity contribution in [3.05, 3.63) is 36.7 Å². The van der Waals surface area contributed by atoms with Crippen molar-refractivity contribution in [3.8, 4) is 0 Å². The number of hydrogen-bond acceptors (Lipinski definition) is 3. The molecular weight excluding hydrogens is 250 g/mol. The molecule has 2 aromatic heterocycles. The minimum Gasteiger partial charge on any atom is -0.334 e. The van der Waals surface area contributed by atoms with E-state index in [-0.39, 0.29) is 0 Å². The van der Waals surface area contributed by atoms with Crippen LogP contribution in [0, 0.1) is 0 Å². The SMILES string of the molecule is CCn1ccnc1CN1CCCCC1Cn1cccn1. The first-order valence-corrected chi connectivity index (χ1v) is 7.58. The van der Waals surface area contributed by atoms with Gasteiger partial charge in [-0.2, -0.15) is 5.10 Å². The summed E-state index contributed by atoms with van der Waals surface area (Å²) in [7, 11) is 0. The van der Waals surface area contributed by atoms with E-state index in [9.17, 15) is 0 Å². The lowest BCUT2D eigenvalue weighted by molar-refractivity contribution is 0.117. The zero-order chi connectivity index (χ0) is 13.8. The third-order valence-corrected chi connectivity index (χ3v) is 4.19. The van der Waals surface area contributed by atoms with Crippen LogP contribution in [0.3, 0.4) is 0 Å². The highest BCUT2D eigenvalue weighted by molar-refractivity contribution is 4.94. The number of nitrogens with zero attached hydrogens (tertiary/aromatic N) is 5. The quantitative estimate of drug-likeness (QED) is 0.838. The molecule has 0 bridgehead atoms. The molecule has 2 aromatic rings. The number of imidazole rings is 1. The monoisotopic (exact) mass is 273 g/mol. The summed E-state index contributed by atoms with van der Waals surface area (Å²) < 4.78 is 4.29. The Labute approximate surface area is 120 Å². The number of aryl methyl sites for hydroxylation is 1. The summed E-state index contributed by atoms with van der Waals surface area (Å²) in [5, 5.41) is 4.34. The molecule has 0 aromatic carbocycles. The zero-order valence-electron chi connectivity index (χ0n) is 12.1. The second-order valence-electron chi connectivity index (χ2n) is 5.48. The van der Waals surface area contributed by atoms with Crippen LogP contribution in [0.1, 0.15) is 32.0 Å². The lowest BCUT2D eigenvalue weighted by Crippen LogP contribution is -2.42. The summed E-state index contributed by atoms with van der Waals surface area (Å²) >= 11 is 0. The topological polar surface area (TPSA) is 38.9 Å². The maximum absolute atomic E-state index is 4.51. The molecule has 1 saturated heterocycles. The van der Waals surface area contributed by atoms with E-state index in [0.717, 1.165) is 19.6 Å². The van der Waals surface area contributed by atoms with Gasteiger partial charge in [-0.15, -0.1) is 0 Å². The Balaban J connectivity index is 1.69. The largest absolute Gasteiger partial charge is 0.334 e. The van der Waals surface area contributed by atoms with Gasteiger partial charge in [0.15, 0.2) is 0 Å². The minimum absolute atomic E-state index is 0.575. The number of likely N-dealkylation sites (tertiary alicyclic amines) is 1. The maximum atomic E-state index is 4.51. The van der Waals surface area contributed by atoms with Crippen LogP contribution < -0.4 is 0 Å². The zero-order valence-corrected chi connectivity index (χ0v) is 12.1. The molecule has 1 fully saturated rings. The molecule has 3 heterocycles. The molecule has 1 aliphatic rings. The Hall–Kier alpha value is -1.62. The normalized spacial score (nSPS) is 20.4. The highest BCUT2D eigenvalue weighted by Gasteiger charge is 2.24. The molecule has 0 aliphatic carbocycles. The Morgan fingerprint density at radius 2 is 2.20 bits per heavy atom. The Morgan fingerprint density at radius 3 is 3.00 bits per heavy atom. The Morgan fingerprint density at radius 1 is 1.25 bits per heavy atom. The van der Waals surface area contributed by atoms with Crippen LogP contribution in [-0.2, 0) is 19.6 Å². The summed E-state index contributed by atoms with van der Waals surface area (Å²) in [4.78, 5) is 7.08. The second kappa shape index (κ2) is 6.22. The molecule has 1 aliphatic heterocycles. The average Bonchev–Trinajstić information content (AvgIpc) is 3.12. The van der Waals surface area contributed by atoms with Crippen LogP contribution in [0.4, 0.5) is 0 Å². The predicted octanol–water partition coefficient (Wildman–Crippen LogP) is 2.15. The fourth-order valence-corrected chi connectivity index (χ4v) is 3.06. The molecular formula is C15H23N5. The van der Waals surface area contributed by atoms with Crippen LogP contribution in [-0.4, -0.2) is 36.8 Å². The molecule has 20 heavy (non-hydrogen) atoms. The van der Waals surface area contributed by atoms with Crippen molar-refractivity contribution in [3.63, 3.8) is 0 Å².